The molecule has 0 fully saturated rings. The molecule has 0 saturated carbocycles. The van der Waals surface area contributed by atoms with Crippen LogP contribution in [0.25, 0.3) is 11.1 Å². The van der Waals surface area contributed by atoms with Crippen LogP contribution in [0.4, 0.5) is 5.69 Å². The van der Waals surface area contributed by atoms with E-state index in [0.717, 1.165) is 52.8 Å². The van der Waals surface area contributed by atoms with Gasteiger partial charge in [0.2, 0.25) is 0 Å². The largest absolute Gasteiger partial charge is 0.493 e. The number of fused-ring (bicyclic) bond motifs is 4. The van der Waals surface area contributed by atoms with E-state index in [1.165, 1.54) is 11.1 Å². The van der Waals surface area contributed by atoms with Crippen LogP contribution < -0.4 is 14.2 Å². The van der Waals surface area contributed by atoms with E-state index < -0.39 is 0 Å². The number of carbonyl (C=O) groups excluding carboxylic acids is 2. The summed E-state index contributed by atoms with van der Waals surface area (Å²) in [6.45, 7) is 2.82. The van der Waals surface area contributed by atoms with Crippen molar-refractivity contribution in [3.63, 3.8) is 0 Å². The number of carbonyl (C=O) groups is 2. The van der Waals surface area contributed by atoms with Crippen LogP contribution in [0.3, 0.4) is 0 Å². The second-order valence-electron chi connectivity index (χ2n) is 13.3. The minimum absolute atomic E-state index is 0.0611. The lowest BCUT2D eigenvalue weighted by atomic mass is 9.97. The Balaban J connectivity index is 0.900. The van der Waals surface area contributed by atoms with E-state index in [0.29, 0.717) is 48.8 Å². The van der Waals surface area contributed by atoms with Gasteiger partial charge in [-0.3, -0.25) is 14.6 Å². The van der Waals surface area contributed by atoms with Gasteiger partial charge in [0.25, 0.3) is 11.8 Å². The average Bonchev–Trinajstić information content (AvgIpc) is 3.73. The smallest absolute Gasteiger partial charge is 0.260 e. The summed E-state index contributed by atoms with van der Waals surface area (Å²) in [5.74, 6) is 1.75. The average molecular weight is 666 g/mol. The highest BCUT2D eigenvalue weighted by atomic mass is 16.5. The monoisotopic (exact) mass is 665 g/mol. The lowest BCUT2D eigenvalue weighted by Crippen LogP contribution is -2.32. The van der Waals surface area contributed by atoms with Crippen molar-refractivity contribution in [3.8, 4) is 17.2 Å². The molecule has 4 heterocycles. The normalized spacial score (nSPS) is 19.1. The second-order valence-corrected chi connectivity index (χ2v) is 13.3. The Bertz CT molecular complexity index is 2050. The zero-order valence-corrected chi connectivity index (χ0v) is 28.3. The maximum absolute atomic E-state index is 13.7. The van der Waals surface area contributed by atoms with Crippen LogP contribution >= 0.6 is 0 Å². The van der Waals surface area contributed by atoms with Crippen LogP contribution in [0.15, 0.2) is 102 Å². The highest BCUT2D eigenvalue weighted by molar-refractivity contribution is 6.05. The van der Waals surface area contributed by atoms with Gasteiger partial charge in [0.05, 0.1) is 37.6 Å². The molecule has 2 amide bonds. The van der Waals surface area contributed by atoms with Crippen LogP contribution in [0.1, 0.15) is 68.7 Å². The van der Waals surface area contributed by atoms with Gasteiger partial charge >= 0.3 is 0 Å². The zero-order chi connectivity index (χ0) is 34.2. The van der Waals surface area contributed by atoms with Gasteiger partial charge in [-0.1, -0.05) is 60.7 Å². The summed E-state index contributed by atoms with van der Waals surface area (Å²) in [7, 11) is 1.57. The summed E-state index contributed by atoms with van der Waals surface area (Å²) in [5.41, 5.74) is 8.38. The number of aryl methyl sites for hydroxylation is 2. The summed E-state index contributed by atoms with van der Waals surface area (Å²) in [6, 6.07) is 28.0. The Morgan fingerprint density at radius 2 is 1.40 bits per heavy atom. The predicted octanol–water partition coefficient (Wildman–Crippen LogP) is 8.02. The molecule has 0 N–H and O–H groups in total. The molecule has 2 atom stereocenters. The summed E-state index contributed by atoms with van der Waals surface area (Å²) < 4.78 is 18.0. The van der Waals surface area contributed by atoms with Crippen LogP contribution in [0.5, 0.6) is 17.2 Å². The number of amides is 2. The van der Waals surface area contributed by atoms with Crippen LogP contribution in [-0.2, 0) is 6.42 Å². The number of rotatable bonds is 9. The molecule has 0 unspecified atom stereocenters. The third kappa shape index (κ3) is 5.95. The minimum Gasteiger partial charge on any atom is -0.493 e. The first-order chi connectivity index (χ1) is 24.5. The molecule has 4 aliphatic rings. The molecular weight excluding hydrogens is 626 g/mol. The van der Waals surface area contributed by atoms with Crippen molar-refractivity contribution in [1.29, 1.82) is 0 Å². The summed E-state index contributed by atoms with van der Waals surface area (Å²) in [4.78, 5) is 35.7. The SMILES string of the molecule is COc1cc2c(cc1OCCCOc1cc3c(cc1C)C(=O)N1C=C(c4ccccc4)C[C@H]1CC3)N=C[C@@H]1CC(c3ccccc3)=CN1C2=O. The van der Waals surface area contributed by atoms with E-state index in [1.54, 1.807) is 24.1 Å². The predicted molar refractivity (Wildman–Crippen MR) is 194 cm³/mol. The number of hydrogen-bond donors (Lipinski definition) is 0. The van der Waals surface area contributed by atoms with Gasteiger partial charge < -0.3 is 24.0 Å². The molecule has 0 aliphatic carbocycles. The molecule has 0 spiro atoms. The molecule has 0 bridgehead atoms. The second kappa shape index (κ2) is 13.3. The Labute approximate surface area is 292 Å². The summed E-state index contributed by atoms with van der Waals surface area (Å²) >= 11 is 0. The first-order valence-electron chi connectivity index (χ1n) is 17.3. The van der Waals surface area contributed by atoms with Crippen molar-refractivity contribution in [1.82, 2.24) is 9.80 Å². The number of nitrogens with zero attached hydrogens (tertiary/aromatic N) is 3. The fourth-order valence-corrected chi connectivity index (χ4v) is 7.39. The van der Waals surface area contributed by atoms with Crippen LogP contribution in [-0.4, -0.2) is 60.2 Å². The number of ether oxygens (including phenoxy) is 3. The van der Waals surface area contributed by atoms with Gasteiger partial charge in [0.1, 0.15) is 5.75 Å². The van der Waals surface area contributed by atoms with Crippen LogP contribution in [0, 0.1) is 6.92 Å². The molecular formula is C42H39N3O5. The Kier molecular flexibility index (Phi) is 8.44. The molecule has 8 nitrogen and oxygen atoms in total. The van der Waals surface area contributed by atoms with E-state index in [2.05, 4.69) is 24.3 Å². The van der Waals surface area contributed by atoms with E-state index in [1.807, 2.05) is 79.0 Å². The molecule has 8 rings (SSSR count). The molecule has 0 radical (unpaired) electrons. The van der Waals surface area contributed by atoms with Gasteiger partial charge in [-0.2, -0.15) is 0 Å². The zero-order valence-electron chi connectivity index (χ0n) is 28.3. The van der Waals surface area contributed by atoms with Gasteiger partial charge in [0.15, 0.2) is 11.5 Å². The van der Waals surface area contributed by atoms with E-state index >= 15 is 0 Å². The number of methoxy groups -OCH3 is 1. The first kappa shape index (κ1) is 31.6. The number of aliphatic imine (C=N–C) groups is 1. The Hall–Kier alpha value is -5.63. The van der Waals surface area contributed by atoms with Crippen molar-refractivity contribution >= 4 is 34.9 Å². The van der Waals surface area contributed by atoms with Crippen molar-refractivity contribution in [3.05, 3.63) is 131 Å². The van der Waals surface area contributed by atoms with Gasteiger partial charge in [-0.05, 0) is 77.8 Å². The van der Waals surface area contributed by atoms with E-state index in [4.69, 9.17) is 19.2 Å². The maximum atomic E-state index is 13.7. The van der Waals surface area contributed by atoms with Gasteiger partial charge in [-0.25, -0.2) is 0 Å². The molecule has 4 aromatic carbocycles. The lowest BCUT2D eigenvalue weighted by Gasteiger charge is -2.20. The van der Waals surface area contributed by atoms with Crippen LogP contribution in [0.2, 0.25) is 0 Å². The Morgan fingerprint density at radius 3 is 2.12 bits per heavy atom. The Morgan fingerprint density at radius 1 is 0.740 bits per heavy atom. The fourth-order valence-electron chi connectivity index (χ4n) is 7.39. The fraction of sp³-hybridized carbons (Fsp3) is 0.262. The van der Waals surface area contributed by atoms with Crippen molar-refractivity contribution in [2.75, 3.05) is 20.3 Å². The highest BCUT2D eigenvalue weighted by Gasteiger charge is 2.35. The maximum Gasteiger partial charge on any atom is 0.260 e. The number of benzene rings is 4. The lowest BCUT2D eigenvalue weighted by molar-refractivity contribution is 0.0786. The third-order valence-electron chi connectivity index (χ3n) is 10.1. The van der Waals surface area contributed by atoms with Gasteiger partial charge in [-0.15, -0.1) is 0 Å². The summed E-state index contributed by atoms with van der Waals surface area (Å²) in [5, 5.41) is 0. The van der Waals surface area contributed by atoms with E-state index in [-0.39, 0.29) is 23.9 Å². The molecule has 8 heteroatoms. The molecule has 4 aliphatic heterocycles. The minimum atomic E-state index is -0.145. The third-order valence-corrected chi connectivity index (χ3v) is 10.1. The molecule has 252 valence electrons. The first-order valence-corrected chi connectivity index (χ1v) is 17.3. The molecule has 0 saturated heterocycles. The summed E-state index contributed by atoms with van der Waals surface area (Å²) in [6.07, 6.45) is 9.76. The number of hydrogen-bond acceptors (Lipinski definition) is 6. The molecule has 50 heavy (non-hydrogen) atoms. The quantitative estimate of drug-likeness (QED) is 0.169. The van der Waals surface area contributed by atoms with Crippen molar-refractivity contribution in [2.45, 2.75) is 51.1 Å². The molecule has 0 aromatic heterocycles. The van der Waals surface area contributed by atoms with Gasteiger partial charge in [0, 0.05) is 49.1 Å². The highest BCUT2D eigenvalue weighted by Crippen LogP contribution is 2.40. The topological polar surface area (TPSA) is 80.7 Å². The van der Waals surface area contributed by atoms with E-state index in [9.17, 15) is 9.59 Å². The standard InChI is InChI=1S/C42H39N3O5/c1-27-18-35-30(14-15-33-19-31(25-44(33)41(35)46)28-10-5-3-6-11-28)21-38(27)49-16-9-17-50-40-23-37-36(22-39(40)48-2)42(47)45-26-32(20-34(45)24-43-37)29-12-7-4-8-13-29/h3-8,10-13,18,21-26,33-34H,9,14-17,19-20H2,1-2H3/t33-,34+/m1/s1. The van der Waals surface area contributed by atoms with Crippen molar-refractivity contribution in [2.24, 2.45) is 4.99 Å². The molecule has 4 aromatic rings. The van der Waals surface area contributed by atoms with Crippen molar-refractivity contribution < 1.29 is 23.8 Å².